The third-order valence-corrected chi connectivity index (χ3v) is 7.61. The summed E-state index contributed by atoms with van der Waals surface area (Å²) in [6.07, 6.45) is 5.71. The minimum Gasteiger partial charge on any atom is -0.434 e. The Morgan fingerprint density at radius 2 is 1.70 bits per heavy atom. The second-order valence-electron chi connectivity index (χ2n) is 11.1. The number of carbonyl (C=O) groups excluding carboxylic acids is 1. The lowest BCUT2D eigenvalue weighted by molar-refractivity contribution is -0.385. The number of hydrogen-bond acceptors (Lipinski definition) is 10. The number of ether oxygens (including phenoxy) is 2. The van der Waals surface area contributed by atoms with E-state index < -0.39 is 17.0 Å². The molecule has 0 saturated carbocycles. The molecular formula is C29H38N6O5. The lowest BCUT2D eigenvalue weighted by Crippen LogP contribution is -2.36. The van der Waals surface area contributed by atoms with E-state index in [1.165, 1.54) is 12.5 Å². The number of rotatable bonds is 7. The first-order chi connectivity index (χ1) is 19.3. The third-order valence-electron chi connectivity index (χ3n) is 7.61. The average Bonchev–Trinajstić information content (AvgIpc) is 2.97. The number of nitro groups is 1. The number of aromatic nitrogens is 2. The molecule has 1 aromatic carbocycles. The fraction of sp³-hybridized carbons (Fsp3) is 0.552. The molecule has 0 aliphatic carbocycles. The maximum Gasteiger partial charge on any atom is 0.513 e. The molecule has 1 unspecified atom stereocenters. The number of benzene rings is 1. The van der Waals surface area contributed by atoms with Gasteiger partial charge >= 0.3 is 6.16 Å². The zero-order chi connectivity index (χ0) is 28.2. The molecule has 2 aromatic rings. The van der Waals surface area contributed by atoms with E-state index in [9.17, 15) is 14.9 Å². The minimum atomic E-state index is -0.845. The molecule has 3 aliphatic rings. The van der Waals surface area contributed by atoms with E-state index in [2.05, 4.69) is 15.1 Å². The summed E-state index contributed by atoms with van der Waals surface area (Å²) in [7, 11) is 0. The number of allylic oxidation sites excluding steroid dienone is 2. The second kappa shape index (κ2) is 12.1. The fourth-order valence-electron chi connectivity index (χ4n) is 5.66. The quantitative estimate of drug-likeness (QED) is 0.251. The van der Waals surface area contributed by atoms with Crippen LogP contribution in [0.1, 0.15) is 76.3 Å². The Morgan fingerprint density at radius 3 is 2.35 bits per heavy atom. The molecular weight excluding hydrogens is 512 g/mol. The Balaban J connectivity index is 1.68. The van der Waals surface area contributed by atoms with E-state index in [0.717, 1.165) is 64.1 Å². The molecule has 0 radical (unpaired) electrons. The Kier molecular flexibility index (Phi) is 8.37. The molecule has 3 aliphatic heterocycles. The lowest BCUT2D eigenvalue weighted by Gasteiger charge is -2.37. The second-order valence-corrected chi connectivity index (χ2v) is 11.1. The van der Waals surface area contributed by atoms with Crippen LogP contribution in [0.4, 0.5) is 28.1 Å². The highest BCUT2D eigenvalue weighted by atomic mass is 16.7. The number of para-hydroxylation sites is 1. The summed E-state index contributed by atoms with van der Waals surface area (Å²) in [5.74, 6) is 1.57. The predicted molar refractivity (Wildman–Crippen MR) is 153 cm³/mol. The maximum absolute atomic E-state index is 12.8. The highest BCUT2D eigenvalue weighted by Crippen LogP contribution is 2.48. The van der Waals surface area contributed by atoms with Gasteiger partial charge in [-0.15, -0.1) is 0 Å². The first kappa shape index (κ1) is 27.7. The zero-order valence-electron chi connectivity index (χ0n) is 23.5. The van der Waals surface area contributed by atoms with Gasteiger partial charge in [-0.2, -0.15) is 9.97 Å². The maximum atomic E-state index is 12.8. The highest BCUT2D eigenvalue weighted by molar-refractivity contribution is 5.74. The standard InChI is InChI=1S/C29H38N6O5/c1-19(2)18-39-29(36)40-25-20(3)30-26-24(23(25)21-12-6-7-13-22(21)35(37)38)27(33-14-8-4-9-15-33)32-28(31-26)34-16-10-5-11-17-34/h6-7,12-13,19,23H,4-5,8-11,14-18H2,1-3H3,(H,30,31,32). The number of nitro benzene ring substituents is 1. The van der Waals surface area contributed by atoms with Gasteiger partial charge in [0.1, 0.15) is 17.4 Å². The molecule has 0 spiro atoms. The van der Waals surface area contributed by atoms with Gasteiger partial charge in [0.2, 0.25) is 5.95 Å². The van der Waals surface area contributed by atoms with Gasteiger partial charge in [-0.25, -0.2) is 4.79 Å². The molecule has 0 amide bonds. The summed E-state index contributed by atoms with van der Waals surface area (Å²) in [6, 6.07) is 6.59. The van der Waals surface area contributed by atoms with E-state index in [1.54, 1.807) is 25.1 Å². The summed E-state index contributed by atoms with van der Waals surface area (Å²) in [5.41, 5.74) is 1.57. The van der Waals surface area contributed by atoms with Crippen LogP contribution in [0.5, 0.6) is 0 Å². The van der Waals surface area contributed by atoms with Crippen molar-refractivity contribution in [3.63, 3.8) is 0 Å². The first-order valence-corrected chi connectivity index (χ1v) is 14.3. The van der Waals surface area contributed by atoms with Crippen LogP contribution in [-0.2, 0) is 9.47 Å². The van der Waals surface area contributed by atoms with E-state index in [-0.39, 0.29) is 24.0 Å². The Bertz CT molecular complexity index is 1280. The fourth-order valence-corrected chi connectivity index (χ4v) is 5.66. The van der Waals surface area contributed by atoms with E-state index in [4.69, 9.17) is 19.4 Å². The third kappa shape index (κ3) is 5.83. The van der Waals surface area contributed by atoms with Gasteiger partial charge in [0.05, 0.1) is 28.7 Å². The normalized spacial score (nSPS) is 19.2. The average molecular weight is 551 g/mol. The monoisotopic (exact) mass is 550 g/mol. The van der Waals surface area contributed by atoms with Gasteiger partial charge in [-0.3, -0.25) is 10.1 Å². The number of nitrogens with zero attached hydrogens (tertiary/aromatic N) is 5. The van der Waals surface area contributed by atoms with Crippen LogP contribution >= 0.6 is 0 Å². The van der Waals surface area contributed by atoms with Crippen molar-refractivity contribution in [2.75, 3.05) is 47.9 Å². The Labute approximate surface area is 234 Å². The molecule has 214 valence electrons. The first-order valence-electron chi connectivity index (χ1n) is 14.3. The molecule has 1 N–H and O–H groups in total. The number of fused-ring (bicyclic) bond motifs is 1. The molecule has 1 aromatic heterocycles. The number of hydrogen-bond donors (Lipinski definition) is 1. The van der Waals surface area contributed by atoms with Gasteiger partial charge in [0.15, 0.2) is 0 Å². The van der Waals surface area contributed by atoms with Crippen LogP contribution < -0.4 is 15.1 Å². The van der Waals surface area contributed by atoms with Gasteiger partial charge < -0.3 is 24.6 Å². The minimum absolute atomic E-state index is 0.0606. The summed E-state index contributed by atoms with van der Waals surface area (Å²) < 4.78 is 11.2. The van der Waals surface area contributed by atoms with Crippen LogP contribution in [0.15, 0.2) is 35.7 Å². The summed E-state index contributed by atoms with van der Waals surface area (Å²) in [6.45, 7) is 9.28. The highest BCUT2D eigenvalue weighted by Gasteiger charge is 2.40. The van der Waals surface area contributed by atoms with Crippen LogP contribution in [0.25, 0.3) is 0 Å². The lowest BCUT2D eigenvalue weighted by atomic mass is 9.85. The number of carbonyl (C=O) groups is 1. The summed E-state index contributed by atoms with van der Waals surface area (Å²) >= 11 is 0. The van der Waals surface area contributed by atoms with Crippen molar-refractivity contribution in [1.29, 1.82) is 0 Å². The van der Waals surface area contributed by atoms with Crippen molar-refractivity contribution in [3.05, 3.63) is 57.0 Å². The Morgan fingerprint density at radius 1 is 1.05 bits per heavy atom. The topological polar surface area (TPSA) is 123 Å². The van der Waals surface area contributed by atoms with Crippen molar-refractivity contribution in [3.8, 4) is 0 Å². The van der Waals surface area contributed by atoms with Crippen molar-refractivity contribution in [2.45, 2.75) is 65.2 Å². The molecule has 2 saturated heterocycles. The van der Waals surface area contributed by atoms with E-state index in [1.807, 2.05) is 13.8 Å². The number of piperidine rings is 2. The van der Waals surface area contributed by atoms with Crippen molar-refractivity contribution < 1.29 is 19.2 Å². The van der Waals surface area contributed by atoms with Crippen molar-refractivity contribution in [1.82, 2.24) is 9.97 Å². The van der Waals surface area contributed by atoms with E-state index >= 15 is 0 Å². The SMILES string of the molecule is CC1=C(OC(=O)OCC(C)C)C(c2ccccc2[N+](=O)[O-])c2c(nc(N3CCCCC3)nc2N2CCCCC2)N1. The van der Waals surface area contributed by atoms with Crippen molar-refractivity contribution in [2.24, 2.45) is 5.92 Å². The van der Waals surface area contributed by atoms with Crippen LogP contribution in [0, 0.1) is 16.0 Å². The molecule has 11 heteroatoms. The number of anilines is 3. The molecule has 0 bridgehead atoms. The molecule has 11 nitrogen and oxygen atoms in total. The molecule has 2 fully saturated rings. The molecule has 4 heterocycles. The molecule has 40 heavy (non-hydrogen) atoms. The van der Waals surface area contributed by atoms with Gasteiger partial charge in [0, 0.05) is 37.8 Å². The number of nitrogens with one attached hydrogen (secondary N) is 1. The smallest absolute Gasteiger partial charge is 0.434 e. The van der Waals surface area contributed by atoms with Gasteiger partial charge in [-0.05, 0) is 51.4 Å². The predicted octanol–water partition coefficient (Wildman–Crippen LogP) is 5.96. The van der Waals surface area contributed by atoms with Crippen LogP contribution in [0.3, 0.4) is 0 Å². The summed E-state index contributed by atoms with van der Waals surface area (Å²) in [5, 5.41) is 15.6. The zero-order valence-corrected chi connectivity index (χ0v) is 23.5. The van der Waals surface area contributed by atoms with Gasteiger partial charge in [0.25, 0.3) is 5.69 Å². The van der Waals surface area contributed by atoms with Crippen LogP contribution in [-0.4, -0.2) is 53.8 Å². The molecule has 1 atom stereocenters. The van der Waals surface area contributed by atoms with Gasteiger partial charge in [-0.1, -0.05) is 32.0 Å². The van der Waals surface area contributed by atoms with Crippen molar-refractivity contribution >= 4 is 29.4 Å². The van der Waals surface area contributed by atoms with E-state index in [0.29, 0.717) is 28.6 Å². The Hall–Kier alpha value is -3.89. The largest absolute Gasteiger partial charge is 0.513 e. The van der Waals surface area contributed by atoms with Crippen LogP contribution in [0.2, 0.25) is 0 Å². The summed E-state index contributed by atoms with van der Waals surface area (Å²) in [4.78, 5) is 39.2. The molecule has 5 rings (SSSR count).